The lowest BCUT2D eigenvalue weighted by Crippen LogP contribution is -2.39. The fraction of sp³-hybridized carbons (Fsp3) is 0.471. The molecule has 6 nitrogen and oxygen atoms in total. The van der Waals surface area contributed by atoms with Gasteiger partial charge in [-0.1, -0.05) is 0 Å². The van der Waals surface area contributed by atoms with Gasteiger partial charge >= 0.3 is 6.09 Å². The summed E-state index contributed by atoms with van der Waals surface area (Å²) in [6, 6.07) is 3.92. The third-order valence-electron chi connectivity index (χ3n) is 3.65. The van der Waals surface area contributed by atoms with Gasteiger partial charge in [0.15, 0.2) is 0 Å². The standard InChI is InChI=1S/C17H22N4O2/c1-12-9-14(5-7-18-12)21-11-13-10-20(8-6-15(13)19-21)16(22)23-17(2,3)4/h5,7,9,11H,6,8,10H2,1-4H3. The smallest absolute Gasteiger partial charge is 0.410 e. The van der Waals surface area contributed by atoms with Gasteiger partial charge in [0.2, 0.25) is 0 Å². The Morgan fingerprint density at radius 2 is 2.13 bits per heavy atom. The van der Waals surface area contributed by atoms with Gasteiger partial charge in [-0.15, -0.1) is 0 Å². The summed E-state index contributed by atoms with van der Waals surface area (Å²) in [6.45, 7) is 8.76. The maximum atomic E-state index is 12.2. The molecule has 0 aromatic carbocycles. The fourth-order valence-electron chi connectivity index (χ4n) is 2.60. The highest BCUT2D eigenvalue weighted by Crippen LogP contribution is 2.21. The van der Waals surface area contributed by atoms with Crippen molar-refractivity contribution in [2.75, 3.05) is 6.54 Å². The Hall–Kier alpha value is -2.37. The molecule has 2 aromatic heterocycles. The molecule has 0 aliphatic carbocycles. The molecule has 122 valence electrons. The SMILES string of the molecule is Cc1cc(-n2cc3c(n2)CCN(C(=O)OC(C)(C)C)C3)ccn1. The normalized spacial score (nSPS) is 14.5. The van der Waals surface area contributed by atoms with Crippen molar-refractivity contribution in [2.45, 2.75) is 46.3 Å². The third kappa shape index (κ3) is 3.52. The highest BCUT2D eigenvalue weighted by Gasteiger charge is 2.27. The average molecular weight is 314 g/mol. The summed E-state index contributed by atoms with van der Waals surface area (Å²) in [5.41, 5.74) is 3.56. The van der Waals surface area contributed by atoms with Crippen LogP contribution in [0.1, 0.15) is 37.7 Å². The number of hydrogen-bond donors (Lipinski definition) is 0. The first-order valence-electron chi connectivity index (χ1n) is 7.80. The summed E-state index contributed by atoms with van der Waals surface area (Å²) in [4.78, 5) is 18.2. The molecule has 0 saturated carbocycles. The number of carbonyl (C=O) groups excluding carboxylic acids is 1. The van der Waals surface area contributed by atoms with Crippen molar-refractivity contribution in [3.63, 3.8) is 0 Å². The molecule has 0 unspecified atom stereocenters. The number of hydrogen-bond acceptors (Lipinski definition) is 4. The first-order valence-corrected chi connectivity index (χ1v) is 7.80. The minimum Gasteiger partial charge on any atom is -0.444 e. The molecule has 23 heavy (non-hydrogen) atoms. The van der Waals surface area contributed by atoms with E-state index in [1.807, 2.05) is 50.7 Å². The van der Waals surface area contributed by atoms with Crippen molar-refractivity contribution >= 4 is 6.09 Å². The van der Waals surface area contributed by atoms with Gasteiger partial charge in [0.25, 0.3) is 0 Å². The Morgan fingerprint density at radius 1 is 1.35 bits per heavy atom. The molecule has 1 aliphatic heterocycles. The van der Waals surface area contributed by atoms with Crippen LogP contribution in [-0.2, 0) is 17.7 Å². The van der Waals surface area contributed by atoms with Crippen LogP contribution in [0.15, 0.2) is 24.5 Å². The van der Waals surface area contributed by atoms with Gasteiger partial charge in [0.1, 0.15) is 5.60 Å². The number of nitrogens with zero attached hydrogens (tertiary/aromatic N) is 4. The molecular formula is C17H22N4O2. The van der Waals surface area contributed by atoms with Crippen LogP contribution < -0.4 is 0 Å². The second-order valence-electron chi connectivity index (χ2n) is 6.85. The van der Waals surface area contributed by atoms with Crippen molar-refractivity contribution in [2.24, 2.45) is 0 Å². The van der Waals surface area contributed by atoms with E-state index in [1.165, 1.54) is 0 Å². The summed E-state index contributed by atoms with van der Waals surface area (Å²) in [6.07, 6.45) is 4.24. The second-order valence-corrected chi connectivity index (χ2v) is 6.85. The van der Waals surface area contributed by atoms with E-state index in [-0.39, 0.29) is 6.09 Å². The molecule has 0 fully saturated rings. The molecule has 0 bridgehead atoms. The second kappa shape index (κ2) is 5.68. The van der Waals surface area contributed by atoms with Crippen molar-refractivity contribution in [3.05, 3.63) is 41.5 Å². The lowest BCUT2D eigenvalue weighted by Gasteiger charge is -2.29. The Bertz CT molecular complexity index is 730. The van der Waals surface area contributed by atoms with Crippen LogP contribution in [0.5, 0.6) is 0 Å². The number of fused-ring (bicyclic) bond motifs is 1. The number of aromatic nitrogens is 3. The van der Waals surface area contributed by atoms with Crippen LogP contribution in [0.4, 0.5) is 4.79 Å². The van der Waals surface area contributed by atoms with E-state index in [4.69, 9.17) is 4.74 Å². The topological polar surface area (TPSA) is 60.2 Å². The summed E-state index contributed by atoms with van der Waals surface area (Å²) < 4.78 is 7.31. The van der Waals surface area contributed by atoms with Crippen molar-refractivity contribution in [1.29, 1.82) is 0 Å². The number of rotatable bonds is 1. The largest absolute Gasteiger partial charge is 0.444 e. The predicted molar refractivity (Wildman–Crippen MR) is 86.4 cm³/mol. The van der Waals surface area contributed by atoms with Crippen molar-refractivity contribution in [1.82, 2.24) is 19.7 Å². The Kier molecular flexibility index (Phi) is 3.83. The van der Waals surface area contributed by atoms with Crippen LogP contribution in [0.2, 0.25) is 0 Å². The quantitative estimate of drug-likeness (QED) is 0.812. The van der Waals surface area contributed by atoms with Crippen LogP contribution in [0.3, 0.4) is 0 Å². The molecule has 0 spiro atoms. The first-order chi connectivity index (χ1) is 10.8. The number of pyridine rings is 1. The number of amides is 1. The van der Waals surface area contributed by atoms with Crippen LogP contribution >= 0.6 is 0 Å². The summed E-state index contributed by atoms with van der Waals surface area (Å²) in [5, 5.41) is 4.64. The fourth-order valence-corrected chi connectivity index (χ4v) is 2.60. The lowest BCUT2D eigenvalue weighted by molar-refractivity contribution is 0.0223. The minimum absolute atomic E-state index is 0.268. The van der Waals surface area contributed by atoms with Crippen LogP contribution in [0.25, 0.3) is 5.69 Å². The van der Waals surface area contributed by atoms with E-state index >= 15 is 0 Å². The van der Waals surface area contributed by atoms with Gasteiger partial charge in [-0.3, -0.25) is 4.98 Å². The van der Waals surface area contributed by atoms with E-state index in [0.717, 1.165) is 29.1 Å². The average Bonchev–Trinajstić information content (AvgIpc) is 2.88. The number of carbonyl (C=O) groups is 1. The molecule has 3 rings (SSSR count). The summed E-state index contributed by atoms with van der Waals surface area (Å²) in [5.74, 6) is 0. The van der Waals surface area contributed by atoms with Gasteiger partial charge in [-0.25, -0.2) is 9.48 Å². The van der Waals surface area contributed by atoms with E-state index < -0.39 is 5.60 Å². The van der Waals surface area contributed by atoms with Gasteiger partial charge < -0.3 is 9.64 Å². The Morgan fingerprint density at radius 3 is 2.83 bits per heavy atom. The molecule has 2 aromatic rings. The van der Waals surface area contributed by atoms with E-state index in [1.54, 1.807) is 11.1 Å². The summed E-state index contributed by atoms with van der Waals surface area (Å²) in [7, 11) is 0. The molecular weight excluding hydrogens is 292 g/mol. The van der Waals surface area contributed by atoms with Crippen molar-refractivity contribution in [3.8, 4) is 5.69 Å². The zero-order chi connectivity index (χ0) is 16.6. The third-order valence-corrected chi connectivity index (χ3v) is 3.65. The molecule has 0 N–H and O–H groups in total. The molecule has 1 aliphatic rings. The molecule has 1 amide bonds. The lowest BCUT2D eigenvalue weighted by atomic mass is 10.1. The highest BCUT2D eigenvalue weighted by molar-refractivity contribution is 5.68. The number of aryl methyl sites for hydroxylation is 1. The van der Waals surface area contributed by atoms with E-state index in [9.17, 15) is 4.79 Å². The Balaban J connectivity index is 1.78. The van der Waals surface area contributed by atoms with E-state index in [0.29, 0.717) is 13.1 Å². The zero-order valence-electron chi connectivity index (χ0n) is 14.0. The maximum Gasteiger partial charge on any atom is 0.410 e. The molecule has 3 heterocycles. The van der Waals surface area contributed by atoms with Gasteiger partial charge in [0.05, 0.1) is 17.9 Å². The molecule has 6 heteroatoms. The maximum absolute atomic E-state index is 12.2. The highest BCUT2D eigenvalue weighted by atomic mass is 16.6. The van der Waals surface area contributed by atoms with Crippen molar-refractivity contribution < 1.29 is 9.53 Å². The van der Waals surface area contributed by atoms with Crippen LogP contribution in [-0.4, -0.2) is 37.9 Å². The summed E-state index contributed by atoms with van der Waals surface area (Å²) >= 11 is 0. The molecule has 0 atom stereocenters. The van der Waals surface area contributed by atoms with E-state index in [2.05, 4.69) is 10.1 Å². The van der Waals surface area contributed by atoms with Crippen LogP contribution in [0, 0.1) is 6.92 Å². The van der Waals surface area contributed by atoms with Gasteiger partial charge in [-0.2, -0.15) is 5.10 Å². The van der Waals surface area contributed by atoms with Gasteiger partial charge in [-0.05, 0) is 39.8 Å². The minimum atomic E-state index is -0.476. The predicted octanol–water partition coefficient (Wildman–Crippen LogP) is 2.87. The molecule has 0 saturated heterocycles. The van der Waals surface area contributed by atoms with Gasteiger partial charge in [0, 0.05) is 36.6 Å². The zero-order valence-corrected chi connectivity index (χ0v) is 14.0. The number of ether oxygens (including phenoxy) is 1. The monoisotopic (exact) mass is 314 g/mol. The molecule has 0 radical (unpaired) electrons. The Labute approximate surface area is 136 Å². The first kappa shape index (κ1) is 15.5.